The lowest BCUT2D eigenvalue weighted by Gasteiger charge is -2.13. The third-order valence-corrected chi connectivity index (χ3v) is 4.48. The lowest BCUT2D eigenvalue weighted by atomic mass is 10.2. The highest BCUT2D eigenvalue weighted by Gasteiger charge is 2.22. The van der Waals surface area contributed by atoms with Crippen LogP contribution in [-0.4, -0.2) is 64.7 Å². The van der Waals surface area contributed by atoms with Crippen LogP contribution >= 0.6 is 0 Å². The van der Waals surface area contributed by atoms with Gasteiger partial charge in [-0.25, -0.2) is 4.79 Å². The molecule has 0 saturated heterocycles. The molecule has 0 amide bonds. The molecule has 2 rings (SSSR count). The number of hydrogen-bond donors (Lipinski definition) is 3. The summed E-state index contributed by atoms with van der Waals surface area (Å²) in [6.45, 7) is 1.05. The Balaban J connectivity index is 0.00000142. The topological polar surface area (TPSA) is 162 Å². The molecule has 2 aromatic rings. The summed E-state index contributed by atoms with van der Waals surface area (Å²) in [5.41, 5.74) is 11.1. The van der Waals surface area contributed by atoms with Crippen molar-refractivity contribution < 1.29 is 43.1 Å². The van der Waals surface area contributed by atoms with Crippen LogP contribution in [0.3, 0.4) is 0 Å². The molecule has 1 unspecified atom stereocenters. The van der Waals surface area contributed by atoms with Gasteiger partial charge in [0, 0.05) is 13.1 Å². The Morgan fingerprint density at radius 1 is 0.743 bits per heavy atom. The van der Waals surface area contributed by atoms with Crippen LogP contribution < -0.4 is 30.4 Å². The number of methoxy groups -OCH3 is 4. The quantitative estimate of drug-likeness (QED) is 0.363. The number of nitrogens with two attached hydrogens (primary N) is 2. The van der Waals surface area contributed by atoms with Crippen molar-refractivity contribution in [1.29, 1.82) is 0 Å². The molecule has 0 spiro atoms. The largest absolute Gasteiger partial charge is 0.493 e. The first-order valence-electron chi connectivity index (χ1n) is 10.7. The van der Waals surface area contributed by atoms with Gasteiger partial charge < -0.3 is 45.0 Å². The summed E-state index contributed by atoms with van der Waals surface area (Å²) < 4.78 is 30.8. The zero-order chi connectivity index (χ0) is 26.2. The molecule has 5 N–H and O–H groups in total. The third-order valence-electron chi connectivity index (χ3n) is 4.48. The summed E-state index contributed by atoms with van der Waals surface area (Å²) in [6, 6.07) is 10.1. The van der Waals surface area contributed by atoms with E-state index >= 15 is 0 Å². The second-order valence-electron chi connectivity index (χ2n) is 6.94. The van der Waals surface area contributed by atoms with E-state index in [-0.39, 0.29) is 13.2 Å². The fourth-order valence-electron chi connectivity index (χ4n) is 2.66. The number of aliphatic hydroxyl groups is 1. The fourth-order valence-corrected chi connectivity index (χ4v) is 2.66. The normalized spacial score (nSPS) is 10.8. The first-order valence-corrected chi connectivity index (χ1v) is 10.7. The van der Waals surface area contributed by atoms with E-state index in [2.05, 4.69) is 0 Å². The average molecular weight is 495 g/mol. The maximum atomic E-state index is 12.0. The second kappa shape index (κ2) is 16.1. The van der Waals surface area contributed by atoms with Crippen LogP contribution in [0.4, 0.5) is 0 Å². The van der Waals surface area contributed by atoms with Crippen molar-refractivity contribution in [3.63, 3.8) is 0 Å². The van der Waals surface area contributed by atoms with Crippen molar-refractivity contribution in [3.05, 3.63) is 47.5 Å². The molecular formula is C24H34N2O9. The van der Waals surface area contributed by atoms with Gasteiger partial charge in [0.15, 0.2) is 29.1 Å². The molecule has 0 heterocycles. The van der Waals surface area contributed by atoms with Gasteiger partial charge in [-0.3, -0.25) is 4.79 Å². The van der Waals surface area contributed by atoms with Crippen molar-refractivity contribution in [2.24, 2.45) is 11.5 Å². The average Bonchev–Trinajstić information content (AvgIpc) is 2.89. The van der Waals surface area contributed by atoms with Gasteiger partial charge in [0.05, 0.1) is 34.9 Å². The lowest BCUT2D eigenvalue weighted by Crippen LogP contribution is -2.26. The molecular weight excluding hydrogens is 460 g/mol. The molecule has 0 aromatic heterocycles. The number of benzene rings is 2. The first-order chi connectivity index (χ1) is 16.8. The third kappa shape index (κ3) is 10.1. The molecule has 2 aromatic carbocycles. The van der Waals surface area contributed by atoms with Gasteiger partial charge in [0.25, 0.3) is 0 Å². The van der Waals surface area contributed by atoms with E-state index in [0.717, 1.165) is 0 Å². The zero-order valence-electron chi connectivity index (χ0n) is 20.4. The van der Waals surface area contributed by atoms with E-state index in [9.17, 15) is 14.7 Å². The Morgan fingerprint density at radius 2 is 1.17 bits per heavy atom. The molecule has 11 nitrogen and oxygen atoms in total. The zero-order valence-corrected chi connectivity index (χ0v) is 20.4. The Kier molecular flexibility index (Phi) is 13.6. The van der Waals surface area contributed by atoms with Crippen LogP contribution in [0.15, 0.2) is 36.4 Å². The Morgan fingerprint density at radius 3 is 1.57 bits per heavy atom. The number of aliphatic hydroxyl groups excluding tert-OH is 1. The van der Waals surface area contributed by atoms with Crippen LogP contribution in [0.2, 0.25) is 0 Å². The van der Waals surface area contributed by atoms with Gasteiger partial charge in [-0.05, 0) is 35.4 Å². The summed E-state index contributed by atoms with van der Waals surface area (Å²) >= 11 is 0. The van der Waals surface area contributed by atoms with Gasteiger partial charge in [-0.2, -0.15) is 0 Å². The number of esters is 2. The highest BCUT2D eigenvalue weighted by molar-refractivity contribution is 5.81. The van der Waals surface area contributed by atoms with Crippen LogP contribution in [0.25, 0.3) is 0 Å². The van der Waals surface area contributed by atoms with Gasteiger partial charge in [0.2, 0.25) is 0 Å². The summed E-state index contributed by atoms with van der Waals surface area (Å²) in [5.74, 6) is 0.383. The molecule has 0 aliphatic rings. The molecule has 1 atom stereocenters. The van der Waals surface area contributed by atoms with E-state index < -0.39 is 24.5 Å². The van der Waals surface area contributed by atoms with Crippen molar-refractivity contribution in [2.45, 2.75) is 25.7 Å². The minimum absolute atomic E-state index is 0.0490. The Bertz CT molecular complexity index is 935. The molecule has 35 heavy (non-hydrogen) atoms. The fraction of sp³-hybridized carbons (Fsp3) is 0.417. The van der Waals surface area contributed by atoms with Crippen LogP contribution in [0.5, 0.6) is 23.0 Å². The smallest absolute Gasteiger partial charge is 0.335 e. The standard InChI is InChI=1S/C22H26O9.C2H8N2/c1-26-17-7-5-14(9-19(17)28-3)12-30-21(24)11-16(23)22(25)31-13-15-6-8-18(27-2)20(10-15)29-4;3-1-2-4/h5-10,16,23H,11-13H2,1-4H3;1-4H2. The second-order valence-corrected chi connectivity index (χ2v) is 6.94. The Hall–Kier alpha value is -3.54. The number of rotatable bonds is 12. The maximum absolute atomic E-state index is 12.0. The highest BCUT2D eigenvalue weighted by atomic mass is 16.6. The molecule has 0 aliphatic heterocycles. The molecule has 0 radical (unpaired) electrons. The molecule has 194 valence electrons. The monoisotopic (exact) mass is 494 g/mol. The maximum Gasteiger partial charge on any atom is 0.335 e. The van der Waals surface area contributed by atoms with Gasteiger partial charge in [-0.15, -0.1) is 0 Å². The number of carbonyl (C=O) groups is 2. The molecule has 0 bridgehead atoms. The van der Waals surface area contributed by atoms with Crippen LogP contribution in [0.1, 0.15) is 17.5 Å². The summed E-state index contributed by atoms with van der Waals surface area (Å²) in [6.07, 6.45) is -2.17. The molecule has 0 fully saturated rings. The van der Waals surface area contributed by atoms with Gasteiger partial charge in [-0.1, -0.05) is 12.1 Å². The summed E-state index contributed by atoms with van der Waals surface area (Å²) in [7, 11) is 6.02. The highest BCUT2D eigenvalue weighted by Crippen LogP contribution is 2.28. The predicted octanol–water partition coefficient (Wildman–Crippen LogP) is 1.16. The van der Waals surface area contributed by atoms with Gasteiger partial charge >= 0.3 is 11.9 Å². The summed E-state index contributed by atoms with van der Waals surface area (Å²) in [5, 5.41) is 9.94. The van der Waals surface area contributed by atoms with Crippen molar-refractivity contribution in [1.82, 2.24) is 0 Å². The lowest BCUT2D eigenvalue weighted by molar-refractivity contribution is -0.161. The van der Waals surface area contributed by atoms with E-state index in [1.54, 1.807) is 36.4 Å². The SMILES string of the molecule is COc1ccc(COC(=O)CC(O)C(=O)OCc2ccc(OC)c(OC)c2)cc1OC.NCCN. The van der Waals surface area contributed by atoms with Crippen molar-refractivity contribution in [2.75, 3.05) is 41.5 Å². The van der Waals surface area contributed by atoms with Crippen LogP contribution in [0, 0.1) is 0 Å². The molecule has 0 aliphatic carbocycles. The van der Waals surface area contributed by atoms with Crippen LogP contribution in [-0.2, 0) is 32.3 Å². The van der Waals surface area contributed by atoms with E-state index in [1.807, 2.05) is 0 Å². The molecule has 11 heteroatoms. The predicted molar refractivity (Wildman–Crippen MR) is 127 cm³/mol. The Labute approximate surface area is 204 Å². The minimum Gasteiger partial charge on any atom is -0.493 e. The number of carbonyl (C=O) groups excluding carboxylic acids is 2. The van der Waals surface area contributed by atoms with Crippen molar-refractivity contribution >= 4 is 11.9 Å². The number of hydrogen-bond acceptors (Lipinski definition) is 11. The summed E-state index contributed by atoms with van der Waals surface area (Å²) in [4.78, 5) is 24.0. The van der Waals surface area contributed by atoms with Gasteiger partial charge in [0.1, 0.15) is 13.2 Å². The van der Waals surface area contributed by atoms with Crippen molar-refractivity contribution in [3.8, 4) is 23.0 Å². The first kappa shape index (κ1) is 29.5. The van der Waals surface area contributed by atoms with E-state index in [0.29, 0.717) is 47.2 Å². The number of ether oxygens (including phenoxy) is 6. The van der Waals surface area contributed by atoms with E-state index in [4.69, 9.17) is 39.9 Å². The minimum atomic E-state index is -1.64. The molecule has 0 saturated carbocycles. The van der Waals surface area contributed by atoms with E-state index in [1.165, 1.54) is 28.4 Å².